The molecule has 4 rings (SSSR count). The Hall–Kier alpha value is -1.88. The van der Waals surface area contributed by atoms with Crippen molar-refractivity contribution in [3.63, 3.8) is 0 Å². The van der Waals surface area contributed by atoms with Crippen molar-refractivity contribution in [2.24, 2.45) is 0 Å². The van der Waals surface area contributed by atoms with Crippen molar-refractivity contribution in [2.75, 3.05) is 18.5 Å². The van der Waals surface area contributed by atoms with E-state index in [-0.39, 0.29) is 0 Å². The Bertz CT molecular complexity index is 669. The number of hydrogen-bond acceptors (Lipinski definition) is 4. The Morgan fingerprint density at radius 2 is 1.92 bits per heavy atom. The van der Waals surface area contributed by atoms with Gasteiger partial charge in [0.2, 0.25) is 0 Å². The zero-order chi connectivity index (χ0) is 17.5. The molecule has 0 bridgehead atoms. The number of ether oxygens (including phenoxy) is 1. The maximum absolute atomic E-state index is 5.51. The van der Waals surface area contributed by atoms with Crippen molar-refractivity contribution in [2.45, 2.75) is 63.8 Å². The summed E-state index contributed by atoms with van der Waals surface area (Å²) in [6, 6.07) is 2.77. The van der Waals surface area contributed by atoms with E-state index in [9.17, 15) is 0 Å². The summed E-state index contributed by atoms with van der Waals surface area (Å²) in [6.07, 6.45) is 14.2. The molecule has 1 N–H and O–H groups in total. The molecule has 1 aliphatic heterocycles. The second-order valence-corrected chi connectivity index (χ2v) is 6.95. The molecule has 1 saturated carbocycles. The average molecular weight is 342 g/mol. The number of allylic oxidation sites excluding steroid dienone is 1. The van der Waals surface area contributed by atoms with Gasteiger partial charge in [-0.15, -0.1) is 6.58 Å². The van der Waals surface area contributed by atoms with Crippen LogP contribution in [-0.4, -0.2) is 33.9 Å². The lowest BCUT2D eigenvalue weighted by molar-refractivity contribution is 0.0856. The van der Waals surface area contributed by atoms with Crippen molar-refractivity contribution in [1.82, 2.24) is 14.6 Å². The number of anilines is 1. The quantitative estimate of drug-likeness (QED) is 0.831. The molecule has 0 radical (unpaired) electrons. The standard InChI is InChI=1S/C17H24N4O.C3H6/c1-2-4-14(5-3-1)20-17-16-15(13-7-10-22-11-8-13)6-9-21(16)19-12-18-17;1-3-2/h6,9,12-14H,1-5,7-8,10-11H2,(H,18,19,20);3H,1H2,2H3. The lowest BCUT2D eigenvalue weighted by Gasteiger charge is -2.25. The molecule has 2 aromatic rings. The normalized spacial score (nSPS) is 19.2. The lowest BCUT2D eigenvalue weighted by Crippen LogP contribution is -2.23. The first-order valence-corrected chi connectivity index (χ1v) is 9.57. The minimum atomic E-state index is 0.560. The maximum Gasteiger partial charge on any atom is 0.154 e. The van der Waals surface area contributed by atoms with Gasteiger partial charge in [-0.05, 0) is 50.2 Å². The fourth-order valence-corrected chi connectivity index (χ4v) is 3.86. The van der Waals surface area contributed by atoms with E-state index in [2.05, 4.69) is 34.2 Å². The summed E-state index contributed by atoms with van der Waals surface area (Å²) in [5.74, 6) is 1.57. The summed E-state index contributed by atoms with van der Waals surface area (Å²) in [7, 11) is 0. The Morgan fingerprint density at radius 1 is 1.20 bits per heavy atom. The summed E-state index contributed by atoms with van der Waals surface area (Å²) < 4.78 is 7.48. The van der Waals surface area contributed by atoms with Crippen LogP contribution in [-0.2, 0) is 4.74 Å². The summed E-state index contributed by atoms with van der Waals surface area (Å²) in [5.41, 5.74) is 2.54. The van der Waals surface area contributed by atoms with Crippen LogP contribution in [0.15, 0.2) is 31.2 Å². The summed E-state index contributed by atoms with van der Waals surface area (Å²) >= 11 is 0. The second-order valence-electron chi connectivity index (χ2n) is 6.95. The predicted molar refractivity (Wildman–Crippen MR) is 102 cm³/mol. The van der Waals surface area contributed by atoms with E-state index in [1.807, 2.05) is 11.4 Å². The molecule has 5 nitrogen and oxygen atoms in total. The molecule has 1 saturated heterocycles. The van der Waals surface area contributed by atoms with Crippen molar-refractivity contribution >= 4 is 11.3 Å². The molecular weight excluding hydrogens is 312 g/mol. The molecule has 0 spiro atoms. The zero-order valence-electron chi connectivity index (χ0n) is 15.3. The molecule has 0 unspecified atom stereocenters. The summed E-state index contributed by atoms with van der Waals surface area (Å²) in [5, 5.41) is 8.07. The van der Waals surface area contributed by atoms with Gasteiger partial charge in [0.1, 0.15) is 11.8 Å². The molecule has 136 valence electrons. The minimum Gasteiger partial charge on any atom is -0.381 e. The van der Waals surface area contributed by atoms with Crippen molar-refractivity contribution in [3.8, 4) is 0 Å². The van der Waals surface area contributed by atoms with Gasteiger partial charge in [0.15, 0.2) is 5.82 Å². The first kappa shape index (κ1) is 17.9. The average Bonchev–Trinajstić information content (AvgIpc) is 3.09. The fraction of sp³-hybridized carbons (Fsp3) is 0.600. The first-order valence-electron chi connectivity index (χ1n) is 9.57. The van der Waals surface area contributed by atoms with Crippen LogP contribution in [0.5, 0.6) is 0 Å². The van der Waals surface area contributed by atoms with Gasteiger partial charge < -0.3 is 10.1 Å². The van der Waals surface area contributed by atoms with Gasteiger partial charge in [-0.1, -0.05) is 25.3 Å². The third-order valence-electron chi connectivity index (χ3n) is 5.09. The van der Waals surface area contributed by atoms with Gasteiger partial charge in [0, 0.05) is 25.5 Å². The van der Waals surface area contributed by atoms with E-state index in [0.29, 0.717) is 12.0 Å². The topological polar surface area (TPSA) is 51.5 Å². The van der Waals surface area contributed by atoms with Gasteiger partial charge >= 0.3 is 0 Å². The van der Waals surface area contributed by atoms with Gasteiger partial charge in [-0.2, -0.15) is 5.10 Å². The number of fused-ring (bicyclic) bond motifs is 1. The molecule has 0 aromatic carbocycles. The number of nitrogens with zero attached hydrogens (tertiary/aromatic N) is 3. The highest BCUT2D eigenvalue weighted by atomic mass is 16.5. The number of hydrogen-bond donors (Lipinski definition) is 1. The Kier molecular flexibility index (Phi) is 6.45. The third kappa shape index (κ3) is 4.40. The van der Waals surface area contributed by atoms with E-state index in [1.54, 1.807) is 12.4 Å². The van der Waals surface area contributed by atoms with E-state index in [0.717, 1.165) is 31.9 Å². The molecule has 0 amide bonds. The van der Waals surface area contributed by atoms with Crippen LogP contribution < -0.4 is 5.32 Å². The van der Waals surface area contributed by atoms with Crippen LogP contribution in [0.3, 0.4) is 0 Å². The van der Waals surface area contributed by atoms with Gasteiger partial charge in [-0.25, -0.2) is 9.50 Å². The van der Waals surface area contributed by atoms with Crippen molar-refractivity contribution in [3.05, 3.63) is 36.8 Å². The Labute approximate surface area is 150 Å². The van der Waals surface area contributed by atoms with Crippen LogP contribution in [0.1, 0.15) is 63.4 Å². The van der Waals surface area contributed by atoms with Gasteiger partial charge in [0.05, 0.1) is 0 Å². The first-order chi connectivity index (χ1) is 12.3. The van der Waals surface area contributed by atoms with Crippen LogP contribution in [0.2, 0.25) is 0 Å². The number of rotatable bonds is 3. The Balaban J connectivity index is 0.000000569. The maximum atomic E-state index is 5.51. The van der Waals surface area contributed by atoms with Crippen LogP contribution in [0.4, 0.5) is 5.82 Å². The minimum absolute atomic E-state index is 0.560. The highest BCUT2D eigenvalue weighted by Crippen LogP contribution is 2.33. The molecule has 1 aliphatic carbocycles. The van der Waals surface area contributed by atoms with E-state index in [4.69, 9.17) is 4.74 Å². The SMILES string of the molecule is C=CC.c1nc(NC2CCCCC2)c2c(C3CCOCC3)ccn2n1. The monoisotopic (exact) mass is 342 g/mol. The van der Waals surface area contributed by atoms with Crippen LogP contribution >= 0.6 is 0 Å². The summed E-state index contributed by atoms with van der Waals surface area (Å²) in [4.78, 5) is 4.55. The molecule has 3 heterocycles. The largest absolute Gasteiger partial charge is 0.381 e. The highest BCUT2D eigenvalue weighted by Gasteiger charge is 2.22. The smallest absolute Gasteiger partial charge is 0.154 e. The molecule has 2 aliphatic rings. The zero-order valence-corrected chi connectivity index (χ0v) is 15.3. The molecule has 2 fully saturated rings. The number of nitrogens with one attached hydrogen (secondary N) is 1. The fourth-order valence-electron chi connectivity index (χ4n) is 3.86. The summed E-state index contributed by atoms with van der Waals surface area (Å²) in [6.45, 7) is 6.97. The van der Waals surface area contributed by atoms with Gasteiger partial charge in [-0.3, -0.25) is 0 Å². The van der Waals surface area contributed by atoms with Crippen molar-refractivity contribution in [1.29, 1.82) is 0 Å². The van der Waals surface area contributed by atoms with Gasteiger partial charge in [0.25, 0.3) is 0 Å². The third-order valence-corrected chi connectivity index (χ3v) is 5.09. The van der Waals surface area contributed by atoms with E-state index in [1.165, 1.54) is 43.2 Å². The number of aromatic nitrogens is 3. The molecule has 2 aromatic heterocycles. The molecule has 5 heteroatoms. The lowest BCUT2D eigenvalue weighted by atomic mass is 9.92. The predicted octanol–water partition coefficient (Wildman–Crippen LogP) is 4.56. The van der Waals surface area contributed by atoms with Crippen LogP contribution in [0.25, 0.3) is 5.52 Å². The Morgan fingerprint density at radius 3 is 2.64 bits per heavy atom. The van der Waals surface area contributed by atoms with E-state index >= 15 is 0 Å². The van der Waals surface area contributed by atoms with Crippen molar-refractivity contribution < 1.29 is 4.74 Å². The molecule has 0 atom stereocenters. The van der Waals surface area contributed by atoms with E-state index < -0.39 is 0 Å². The molecule has 25 heavy (non-hydrogen) atoms. The molecular formula is C20H30N4O. The second kappa shape index (κ2) is 8.99. The highest BCUT2D eigenvalue weighted by molar-refractivity contribution is 5.73. The van der Waals surface area contributed by atoms with Crippen LogP contribution in [0, 0.1) is 0 Å².